The third kappa shape index (κ3) is 4.38. The summed E-state index contributed by atoms with van der Waals surface area (Å²) in [6, 6.07) is 10.4. The van der Waals surface area contributed by atoms with Crippen molar-refractivity contribution in [1.29, 1.82) is 0 Å². The molecule has 0 radical (unpaired) electrons. The van der Waals surface area contributed by atoms with Crippen molar-refractivity contribution in [2.24, 2.45) is 0 Å². The van der Waals surface area contributed by atoms with E-state index in [1.165, 1.54) is 5.56 Å². The van der Waals surface area contributed by atoms with Crippen molar-refractivity contribution in [3.63, 3.8) is 0 Å². The van der Waals surface area contributed by atoms with Gasteiger partial charge >= 0.3 is 0 Å². The van der Waals surface area contributed by atoms with Crippen LogP contribution in [-0.4, -0.2) is 29.0 Å². The summed E-state index contributed by atoms with van der Waals surface area (Å²) in [6.07, 6.45) is 4.74. The molecule has 1 aromatic heterocycles. The zero-order valence-electron chi connectivity index (χ0n) is 12.5. The van der Waals surface area contributed by atoms with E-state index in [2.05, 4.69) is 48.5 Å². The summed E-state index contributed by atoms with van der Waals surface area (Å²) in [5.41, 5.74) is 2.31. The summed E-state index contributed by atoms with van der Waals surface area (Å²) in [4.78, 5) is 0. The van der Waals surface area contributed by atoms with Crippen molar-refractivity contribution in [1.82, 2.24) is 9.78 Å². The molecular weight excluding hydrogens is 250 g/mol. The van der Waals surface area contributed by atoms with Gasteiger partial charge in [-0.3, -0.25) is 4.68 Å². The van der Waals surface area contributed by atoms with Crippen LogP contribution >= 0.6 is 0 Å². The van der Waals surface area contributed by atoms with Crippen molar-refractivity contribution in [2.75, 3.05) is 19.0 Å². The molecule has 1 N–H and O–H groups in total. The largest absolute Gasteiger partial charge is 0.385 e. The van der Waals surface area contributed by atoms with E-state index < -0.39 is 0 Å². The van der Waals surface area contributed by atoms with Crippen LogP contribution in [0.1, 0.15) is 25.8 Å². The molecule has 0 saturated carbocycles. The van der Waals surface area contributed by atoms with Gasteiger partial charge in [-0.2, -0.15) is 5.10 Å². The molecule has 2 aromatic rings. The summed E-state index contributed by atoms with van der Waals surface area (Å²) < 4.78 is 7.32. The minimum atomic E-state index is -0.0764. The average molecular weight is 273 g/mol. The molecule has 1 heterocycles. The lowest BCUT2D eigenvalue weighted by Gasteiger charge is -2.23. The Labute approximate surface area is 120 Å². The van der Waals surface area contributed by atoms with E-state index in [0.29, 0.717) is 0 Å². The number of methoxy groups -OCH3 is 1. The monoisotopic (exact) mass is 273 g/mol. The normalized spacial score (nSPS) is 11.6. The highest BCUT2D eigenvalue weighted by Crippen LogP contribution is 2.15. The van der Waals surface area contributed by atoms with E-state index >= 15 is 0 Å². The van der Waals surface area contributed by atoms with Gasteiger partial charge in [-0.05, 0) is 44.0 Å². The van der Waals surface area contributed by atoms with Gasteiger partial charge < -0.3 is 10.1 Å². The number of nitrogens with zero attached hydrogens (tertiary/aromatic N) is 2. The first-order valence-corrected chi connectivity index (χ1v) is 6.94. The summed E-state index contributed by atoms with van der Waals surface area (Å²) in [7, 11) is 1.75. The molecule has 0 fully saturated rings. The fourth-order valence-electron chi connectivity index (χ4n) is 1.92. The number of rotatable bonds is 7. The van der Waals surface area contributed by atoms with Gasteiger partial charge in [0.25, 0.3) is 0 Å². The van der Waals surface area contributed by atoms with Gasteiger partial charge in [0.05, 0.1) is 12.1 Å². The topological polar surface area (TPSA) is 39.1 Å². The molecule has 0 bridgehead atoms. The molecule has 0 aliphatic heterocycles. The first-order valence-electron chi connectivity index (χ1n) is 6.94. The minimum Gasteiger partial charge on any atom is -0.385 e. The molecule has 108 valence electrons. The summed E-state index contributed by atoms with van der Waals surface area (Å²) in [6.45, 7) is 5.91. The Bertz CT molecular complexity index is 503. The molecule has 0 aliphatic carbocycles. The molecule has 0 atom stereocenters. The van der Waals surface area contributed by atoms with Crippen molar-refractivity contribution in [3.8, 4) is 0 Å². The molecular formula is C16H23N3O. The van der Waals surface area contributed by atoms with Gasteiger partial charge in [0, 0.05) is 31.7 Å². The number of hydrogen-bond acceptors (Lipinski definition) is 3. The van der Waals surface area contributed by atoms with Gasteiger partial charge in [-0.1, -0.05) is 12.1 Å². The minimum absolute atomic E-state index is 0.0764. The first-order chi connectivity index (χ1) is 9.59. The van der Waals surface area contributed by atoms with Crippen molar-refractivity contribution < 1.29 is 4.74 Å². The van der Waals surface area contributed by atoms with E-state index in [0.717, 1.165) is 25.2 Å². The van der Waals surface area contributed by atoms with Crippen LogP contribution in [0.25, 0.3) is 0 Å². The van der Waals surface area contributed by atoms with Crippen molar-refractivity contribution in [2.45, 2.75) is 32.4 Å². The zero-order valence-corrected chi connectivity index (χ0v) is 12.5. The van der Waals surface area contributed by atoms with Crippen molar-refractivity contribution >= 4 is 5.69 Å². The number of aromatic nitrogens is 2. The second kappa shape index (κ2) is 6.57. The molecule has 4 nitrogen and oxygen atoms in total. The van der Waals surface area contributed by atoms with E-state index in [-0.39, 0.29) is 5.60 Å². The molecule has 2 rings (SSSR count). The number of hydrogen-bond donors (Lipinski definition) is 1. The van der Waals surface area contributed by atoms with Crippen molar-refractivity contribution in [3.05, 3.63) is 48.3 Å². The lowest BCUT2D eigenvalue weighted by Crippen LogP contribution is -2.25. The van der Waals surface area contributed by atoms with E-state index in [1.54, 1.807) is 13.3 Å². The van der Waals surface area contributed by atoms with Gasteiger partial charge in [0.1, 0.15) is 0 Å². The first kappa shape index (κ1) is 14.6. The molecule has 0 spiro atoms. The maximum absolute atomic E-state index is 5.40. The smallest absolute Gasteiger partial charge is 0.0659 e. The second-order valence-corrected chi connectivity index (χ2v) is 5.54. The highest BCUT2D eigenvalue weighted by Gasteiger charge is 2.14. The predicted octanol–water partition coefficient (Wildman–Crippen LogP) is 3.16. The molecule has 1 aromatic carbocycles. The average Bonchev–Trinajstić information content (AvgIpc) is 2.94. The number of ether oxygens (including phenoxy) is 1. The Hall–Kier alpha value is -1.81. The van der Waals surface area contributed by atoms with Gasteiger partial charge in [0.15, 0.2) is 0 Å². The maximum Gasteiger partial charge on any atom is 0.0659 e. The number of anilines is 1. The highest BCUT2D eigenvalue weighted by atomic mass is 16.5. The third-order valence-electron chi connectivity index (χ3n) is 3.47. The molecule has 4 heteroatoms. The number of benzene rings is 1. The van der Waals surface area contributed by atoms with Crippen LogP contribution in [0, 0.1) is 0 Å². The van der Waals surface area contributed by atoms with Gasteiger partial charge in [0.2, 0.25) is 0 Å². The lowest BCUT2D eigenvalue weighted by molar-refractivity contribution is 0.0185. The van der Waals surface area contributed by atoms with Crippen LogP contribution in [0.3, 0.4) is 0 Å². The van der Waals surface area contributed by atoms with E-state index in [9.17, 15) is 0 Å². The third-order valence-corrected chi connectivity index (χ3v) is 3.47. The SMILES string of the molecule is COC(C)(C)CCNc1ccc(Cn2cccn2)cc1. The fourth-order valence-corrected chi connectivity index (χ4v) is 1.92. The molecule has 0 amide bonds. The Balaban J connectivity index is 1.82. The maximum atomic E-state index is 5.40. The molecule has 20 heavy (non-hydrogen) atoms. The van der Waals surface area contributed by atoms with Crippen LogP contribution in [0.2, 0.25) is 0 Å². The number of nitrogens with one attached hydrogen (secondary N) is 1. The Morgan fingerprint density at radius 1 is 1.25 bits per heavy atom. The van der Waals surface area contributed by atoms with E-state index in [1.807, 2.05) is 16.9 Å². The van der Waals surface area contributed by atoms with Gasteiger partial charge in [-0.25, -0.2) is 0 Å². The lowest BCUT2D eigenvalue weighted by atomic mass is 10.1. The van der Waals surface area contributed by atoms with Crippen LogP contribution in [-0.2, 0) is 11.3 Å². The zero-order chi connectivity index (χ0) is 14.4. The summed E-state index contributed by atoms with van der Waals surface area (Å²) in [5, 5.41) is 7.63. The molecule has 0 aliphatic rings. The van der Waals surface area contributed by atoms with Crippen LogP contribution in [0.15, 0.2) is 42.7 Å². The van der Waals surface area contributed by atoms with Gasteiger partial charge in [-0.15, -0.1) is 0 Å². The molecule has 0 saturated heterocycles. The van der Waals surface area contributed by atoms with E-state index in [4.69, 9.17) is 4.74 Å². The highest BCUT2D eigenvalue weighted by molar-refractivity contribution is 5.44. The standard InChI is InChI=1S/C16H23N3O/c1-16(2,20-3)9-11-17-15-7-5-14(6-8-15)13-19-12-4-10-18-19/h4-8,10,12,17H,9,11,13H2,1-3H3. The fraction of sp³-hybridized carbons (Fsp3) is 0.438. The molecule has 0 unspecified atom stereocenters. The second-order valence-electron chi connectivity index (χ2n) is 5.54. The van der Waals surface area contributed by atoms with Crippen LogP contribution < -0.4 is 5.32 Å². The van der Waals surface area contributed by atoms with Crippen LogP contribution in [0.4, 0.5) is 5.69 Å². The Morgan fingerprint density at radius 3 is 2.60 bits per heavy atom. The Morgan fingerprint density at radius 2 is 2.00 bits per heavy atom. The van der Waals surface area contributed by atoms with Crippen LogP contribution in [0.5, 0.6) is 0 Å². The predicted molar refractivity (Wildman–Crippen MR) is 82.0 cm³/mol. The summed E-state index contributed by atoms with van der Waals surface area (Å²) >= 11 is 0. The quantitative estimate of drug-likeness (QED) is 0.842. The Kier molecular flexibility index (Phi) is 4.79. The summed E-state index contributed by atoms with van der Waals surface area (Å²) in [5.74, 6) is 0.